The Labute approximate surface area is 270 Å². The summed E-state index contributed by atoms with van der Waals surface area (Å²) in [7, 11) is 1.25. The molecule has 0 bridgehead atoms. The van der Waals surface area contributed by atoms with E-state index in [1.165, 1.54) is 35.6 Å². The third-order valence-corrected chi connectivity index (χ3v) is 10.5. The Kier molecular flexibility index (Phi) is 9.80. The molecule has 2 aliphatic heterocycles. The van der Waals surface area contributed by atoms with E-state index < -0.39 is 29.2 Å². The molecular weight excluding hydrogens is 620 g/mol. The predicted molar refractivity (Wildman–Crippen MR) is 151 cm³/mol. The number of benzene rings is 1. The van der Waals surface area contributed by atoms with Crippen LogP contribution in [0.1, 0.15) is 11.3 Å². The molecule has 17 heteroatoms. The second-order valence-corrected chi connectivity index (χ2v) is 12.6. The molecule has 41 heavy (non-hydrogen) atoms. The van der Waals surface area contributed by atoms with Gasteiger partial charge in [0.05, 0.1) is 15.9 Å². The van der Waals surface area contributed by atoms with Crippen LogP contribution in [0.2, 0.25) is 0 Å². The summed E-state index contributed by atoms with van der Waals surface area (Å²) >= 11 is 4.80. The molecule has 0 aliphatic carbocycles. The fourth-order valence-corrected chi connectivity index (χ4v) is 8.55. The zero-order chi connectivity index (χ0) is 28.6. The number of aromatic nitrogens is 1. The summed E-state index contributed by atoms with van der Waals surface area (Å²) in [5.41, 5.74) is 5.35. The third-order valence-electron chi connectivity index (χ3n) is 5.94. The topological polar surface area (TPSA) is 191 Å². The summed E-state index contributed by atoms with van der Waals surface area (Å²) in [6.45, 7) is 0. The van der Waals surface area contributed by atoms with Gasteiger partial charge in [-0.15, -0.1) is 46.2 Å². The Morgan fingerprint density at radius 1 is 1.37 bits per heavy atom. The van der Waals surface area contributed by atoms with Crippen LogP contribution in [-0.2, 0) is 19.2 Å². The molecule has 0 unspecified atom stereocenters. The van der Waals surface area contributed by atoms with Gasteiger partial charge in [0.15, 0.2) is 10.8 Å². The van der Waals surface area contributed by atoms with Crippen LogP contribution in [0, 0.1) is 11.3 Å². The van der Waals surface area contributed by atoms with Crippen molar-refractivity contribution in [2.24, 2.45) is 5.16 Å². The van der Waals surface area contributed by atoms with Crippen molar-refractivity contribution < 1.29 is 53.9 Å². The number of carbonyl (C=O) groups is 3. The number of aliphatic carboxylic acids is 1. The number of nitrogens with one attached hydrogen (secondary N) is 1. The molecule has 0 saturated carbocycles. The zero-order valence-corrected chi connectivity index (χ0v) is 26.7. The number of nitriles is 1. The van der Waals surface area contributed by atoms with E-state index in [4.69, 9.17) is 10.6 Å². The van der Waals surface area contributed by atoms with Gasteiger partial charge in [-0.3, -0.25) is 19.3 Å². The Morgan fingerprint density at radius 3 is 2.78 bits per heavy atom. The average Bonchev–Trinajstić information content (AvgIpc) is 3.38. The number of nitrogens with zero attached hydrogens (tertiary/aromatic N) is 4. The number of amides is 2. The molecule has 1 saturated heterocycles. The van der Waals surface area contributed by atoms with Crippen molar-refractivity contribution in [2.75, 3.05) is 24.3 Å². The predicted octanol–water partition coefficient (Wildman–Crippen LogP) is -2.28. The molecule has 0 spiro atoms. The molecule has 2 atom stereocenters. The van der Waals surface area contributed by atoms with Crippen molar-refractivity contribution in [3.05, 3.63) is 62.4 Å². The second kappa shape index (κ2) is 12.9. The Hall–Kier alpha value is -2.91. The first-order chi connectivity index (χ1) is 19.2. The SMILES string of the molecule is CO/N=C(\C(=O)N[C@@H]1C(=O)N2C(C(=O)[O-])=C(CSc3sc4ccccc4c(=O)c3C#N)CS[C@H]12)c1csc(N)n1.[Na+]. The second-order valence-electron chi connectivity index (χ2n) is 8.28. The maximum absolute atomic E-state index is 13.1. The van der Waals surface area contributed by atoms with Crippen LogP contribution in [0.5, 0.6) is 0 Å². The van der Waals surface area contributed by atoms with Crippen molar-refractivity contribution in [1.29, 1.82) is 5.26 Å². The standard InChI is InChI=1S/C24H18N6O6S4.Na/c1-36-29-15(13-9-39-24(26)27-13)19(32)28-16-20(33)30-17(22(34)35)10(7-37-21(16)30)8-38-23-12(6-25)18(31)11-4-2-3-5-14(11)40-23;/h2-5,9,16,21H,7-8H2,1H3,(H2,26,27)(H,28,32)(H,34,35);/q;+1/p-1/b29-15-;/t16-,21-;/m1./s1. The first-order valence-corrected chi connectivity index (χ1v) is 15.1. The molecule has 3 aromatic rings. The molecule has 3 N–H and O–H groups in total. The normalized spacial score (nSPS) is 18.2. The minimum Gasteiger partial charge on any atom is -0.543 e. The Bertz CT molecular complexity index is 1730. The number of anilines is 1. The van der Waals surface area contributed by atoms with Crippen LogP contribution in [0.15, 0.2) is 55.1 Å². The number of rotatable bonds is 8. The molecular formula is C24H17N6NaO6S4. The summed E-state index contributed by atoms with van der Waals surface area (Å²) in [5.74, 6) is -2.56. The smallest absolute Gasteiger partial charge is 0.543 e. The molecule has 0 radical (unpaired) electrons. The van der Waals surface area contributed by atoms with Crippen LogP contribution in [0.4, 0.5) is 5.13 Å². The van der Waals surface area contributed by atoms with E-state index in [2.05, 4.69) is 15.5 Å². The van der Waals surface area contributed by atoms with Crippen LogP contribution >= 0.6 is 46.2 Å². The van der Waals surface area contributed by atoms with Crippen LogP contribution in [0.3, 0.4) is 0 Å². The van der Waals surface area contributed by atoms with Crippen molar-refractivity contribution >= 4 is 84.9 Å². The van der Waals surface area contributed by atoms with Gasteiger partial charge in [0, 0.05) is 27.0 Å². The van der Waals surface area contributed by atoms with E-state index in [1.807, 2.05) is 6.07 Å². The summed E-state index contributed by atoms with van der Waals surface area (Å²) < 4.78 is 1.16. The van der Waals surface area contributed by atoms with Gasteiger partial charge in [0.2, 0.25) is 5.43 Å². The van der Waals surface area contributed by atoms with E-state index in [-0.39, 0.29) is 74.3 Å². The summed E-state index contributed by atoms with van der Waals surface area (Å²) in [6, 6.07) is 7.88. The summed E-state index contributed by atoms with van der Waals surface area (Å²) in [4.78, 5) is 60.8. The number of β-lactam (4-membered cyclic amide) rings is 1. The number of fused-ring (bicyclic) bond motifs is 2. The zero-order valence-electron chi connectivity index (χ0n) is 21.4. The van der Waals surface area contributed by atoms with Crippen LogP contribution in [0.25, 0.3) is 10.1 Å². The summed E-state index contributed by atoms with van der Waals surface area (Å²) in [6.07, 6.45) is 0. The van der Waals surface area contributed by atoms with Crippen LogP contribution < -0.4 is 51.1 Å². The number of nitrogens with two attached hydrogens (primary N) is 1. The Balaban J connectivity index is 0.00000387. The number of thiazole rings is 1. The van der Waals surface area contributed by atoms with E-state index in [1.54, 1.807) is 24.3 Å². The molecule has 1 aromatic carbocycles. The molecule has 2 amide bonds. The van der Waals surface area contributed by atoms with Crippen molar-refractivity contribution in [3.63, 3.8) is 0 Å². The maximum Gasteiger partial charge on any atom is 1.00 e. The largest absolute Gasteiger partial charge is 1.00 e. The molecule has 5 rings (SSSR count). The molecule has 12 nitrogen and oxygen atoms in total. The minimum absolute atomic E-state index is 0. The van der Waals surface area contributed by atoms with Crippen molar-refractivity contribution in [1.82, 2.24) is 15.2 Å². The first-order valence-electron chi connectivity index (χ1n) is 11.3. The fraction of sp³-hybridized carbons (Fsp3) is 0.208. The quantitative estimate of drug-likeness (QED) is 0.0891. The number of carbonyl (C=O) groups excluding carboxylic acids is 3. The molecule has 4 heterocycles. The monoisotopic (exact) mass is 636 g/mol. The average molecular weight is 637 g/mol. The number of nitrogen functional groups attached to an aromatic ring is 1. The number of hydrogen-bond donors (Lipinski definition) is 2. The van der Waals surface area contributed by atoms with Crippen molar-refractivity contribution in [3.8, 4) is 6.07 Å². The number of hydrogen-bond acceptors (Lipinski definition) is 14. The summed E-state index contributed by atoms with van der Waals surface area (Å²) in [5, 5.41) is 29.5. The van der Waals surface area contributed by atoms with E-state index in [0.29, 0.717) is 19.9 Å². The maximum atomic E-state index is 13.1. The number of carboxylic acids is 1. The molecule has 1 fully saturated rings. The third kappa shape index (κ3) is 5.89. The van der Waals surface area contributed by atoms with Gasteiger partial charge < -0.3 is 25.8 Å². The van der Waals surface area contributed by atoms with Gasteiger partial charge in [-0.1, -0.05) is 17.3 Å². The van der Waals surface area contributed by atoms with E-state index in [9.17, 15) is 29.5 Å². The van der Waals surface area contributed by atoms with Gasteiger partial charge in [-0.05, 0) is 17.7 Å². The number of thioether (sulfide) groups is 2. The van der Waals surface area contributed by atoms with Gasteiger partial charge in [0.25, 0.3) is 11.8 Å². The number of oxime groups is 1. The molecule has 2 aromatic heterocycles. The van der Waals surface area contributed by atoms with E-state index >= 15 is 0 Å². The van der Waals surface area contributed by atoms with Gasteiger partial charge in [-0.2, -0.15) is 5.26 Å². The van der Waals surface area contributed by atoms with Gasteiger partial charge in [-0.25, -0.2) is 4.98 Å². The molecule has 2 aliphatic rings. The minimum atomic E-state index is -1.54. The number of carboxylic acid groups (broad SMARTS) is 1. The molecule has 204 valence electrons. The van der Waals surface area contributed by atoms with Gasteiger partial charge >= 0.3 is 29.6 Å². The van der Waals surface area contributed by atoms with Crippen molar-refractivity contribution in [2.45, 2.75) is 15.6 Å². The van der Waals surface area contributed by atoms with Crippen LogP contribution in [-0.4, -0.2) is 63.4 Å². The fourth-order valence-electron chi connectivity index (χ4n) is 4.16. The Morgan fingerprint density at radius 2 is 2.12 bits per heavy atom. The first kappa shape index (κ1) is 31.0. The van der Waals surface area contributed by atoms with E-state index in [0.717, 1.165) is 28.0 Å². The van der Waals surface area contributed by atoms with Gasteiger partial charge in [0.1, 0.15) is 35.9 Å².